The normalized spacial score (nSPS) is 10.7. The van der Waals surface area contributed by atoms with Gasteiger partial charge in [-0.2, -0.15) is 11.8 Å². The third-order valence-corrected chi connectivity index (χ3v) is 4.83. The van der Waals surface area contributed by atoms with Gasteiger partial charge in [0.25, 0.3) is 0 Å². The number of hydrogen-bond donors (Lipinski definition) is 2. The largest absolute Gasteiger partial charge is 0.481 e. The van der Waals surface area contributed by atoms with Gasteiger partial charge in [0.1, 0.15) is 5.01 Å². The zero-order chi connectivity index (χ0) is 15.1. The van der Waals surface area contributed by atoms with Crippen LogP contribution in [0.3, 0.4) is 0 Å². The minimum absolute atomic E-state index is 0.0345. The Morgan fingerprint density at radius 3 is 3.00 bits per heavy atom. The Labute approximate surface area is 131 Å². The topological polar surface area (TPSA) is 70.4 Å². The SMILES string of the molecule is O=C(O)Cc1csc(-c2cccc(CSCCCO)c2)n1. The van der Waals surface area contributed by atoms with Crippen LogP contribution in [-0.2, 0) is 17.0 Å². The molecule has 21 heavy (non-hydrogen) atoms. The molecule has 0 spiro atoms. The van der Waals surface area contributed by atoms with Crippen molar-refractivity contribution in [3.05, 3.63) is 40.9 Å². The summed E-state index contributed by atoms with van der Waals surface area (Å²) < 4.78 is 0. The van der Waals surface area contributed by atoms with Crippen molar-refractivity contribution >= 4 is 29.1 Å². The predicted molar refractivity (Wildman–Crippen MR) is 86.8 cm³/mol. The Kier molecular flexibility index (Phi) is 6.22. The number of nitrogens with zero attached hydrogens (tertiary/aromatic N) is 1. The van der Waals surface area contributed by atoms with E-state index >= 15 is 0 Å². The molecule has 0 saturated carbocycles. The molecular formula is C15H17NO3S2. The van der Waals surface area contributed by atoms with Gasteiger partial charge in [0, 0.05) is 23.3 Å². The zero-order valence-electron chi connectivity index (χ0n) is 11.5. The molecule has 4 nitrogen and oxygen atoms in total. The van der Waals surface area contributed by atoms with E-state index in [0.29, 0.717) is 5.69 Å². The molecule has 6 heteroatoms. The molecule has 112 valence electrons. The van der Waals surface area contributed by atoms with E-state index < -0.39 is 5.97 Å². The first kappa shape index (κ1) is 16.0. The number of benzene rings is 1. The molecule has 0 saturated heterocycles. The van der Waals surface area contributed by atoms with Gasteiger partial charge < -0.3 is 10.2 Å². The van der Waals surface area contributed by atoms with Gasteiger partial charge in [0.15, 0.2) is 0 Å². The highest BCUT2D eigenvalue weighted by atomic mass is 32.2. The van der Waals surface area contributed by atoms with Crippen LogP contribution in [-0.4, -0.2) is 33.5 Å². The molecule has 0 aliphatic carbocycles. The molecule has 1 aromatic carbocycles. The lowest BCUT2D eigenvalue weighted by Gasteiger charge is -2.03. The molecule has 0 fully saturated rings. The maximum atomic E-state index is 10.7. The number of aliphatic hydroxyl groups excluding tert-OH is 1. The number of carboxylic acids is 1. The van der Waals surface area contributed by atoms with Crippen LogP contribution in [0, 0.1) is 0 Å². The lowest BCUT2D eigenvalue weighted by atomic mass is 10.1. The van der Waals surface area contributed by atoms with Crippen molar-refractivity contribution < 1.29 is 15.0 Å². The number of carbonyl (C=O) groups is 1. The number of aliphatic hydroxyl groups is 1. The number of hydrogen-bond acceptors (Lipinski definition) is 5. The van der Waals surface area contributed by atoms with Gasteiger partial charge in [-0.05, 0) is 23.8 Å². The second kappa shape index (κ2) is 8.17. The Morgan fingerprint density at radius 2 is 2.24 bits per heavy atom. The lowest BCUT2D eigenvalue weighted by molar-refractivity contribution is -0.136. The Bertz CT molecular complexity index is 598. The van der Waals surface area contributed by atoms with Crippen molar-refractivity contribution in [2.45, 2.75) is 18.6 Å². The summed E-state index contributed by atoms with van der Waals surface area (Å²) in [6.45, 7) is 0.235. The fourth-order valence-electron chi connectivity index (χ4n) is 1.83. The second-order valence-electron chi connectivity index (χ2n) is 4.54. The summed E-state index contributed by atoms with van der Waals surface area (Å²) >= 11 is 3.26. The van der Waals surface area contributed by atoms with Crippen LogP contribution in [0.5, 0.6) is 0 Å². The predicted octanol–water partition coefficient (Wildman–Crippen LogP) is 3.05. The van der Waals surface area contributed by atoms with Gasteiger partial charge in [0.2, 0.25) is 0 Å². The molecule has 2 N–H and O–H groups in total. The number of rotatable bonds is 8. The second-order valence-corrected chi connectivity index (χ2v) is 6.51. The number of aromatic nitrogens is 1. The van der Waals surface area contributed by atoms with Crippen LogP contribution in [0.1, 0.15) is 17.7 Å². The molecule has 0 atom stereocenters. The zero-order valence-corrected chi connectivity index (χ0v) is 13.1. The maximum absolute atomic E-state index is 10.7. The minimum atomic E-state index is -0.860. The lowest BCUT2D eigenvalue weighted by Crippen LogP contribution is -1.99. The molecule has 0 radical (unpaired) electrons. The van der Waals surface area contributed by atoms with E-state index in [9.17, 15) is 4.79 Å². The molecule has 2 aromatic rings. The summed E-state index contributed by atoms with van der Waals surface area (Å²) in [4.78, 5) is 15.1. The first-order valence-electron chi connectivity index (χ1n) is 6.63. The van der Waals surface area contributed by atoms with Crippen LogP contribution in [0.4, 0.5) is 0 Å². The van der Waals surface area contributed by atoms with Gasteiger partial charge in [-0.25, -0.2) is 4.98 Å². The smallest absolute Gasteiger partial charge is 0.309 e. The Morgan fingerprint density at radius 1 is 1.38 bits per heavy atom. The van der Waals surface area contributed by atoms with E-state index in [1.54, 1.807) is 17.1 Å². The molecular weight excluding hydrogens is 306 g/mol. The molecule has 0 amide bonds. The third-order valence-electron chi connectivity index (χ3n) is 2.77. The van der Waals surface area contributed by atoms with Crippen LogP contribution < -0.4 is 0 Å². The summed E-state index contributed by atoms with van der Waals surface area (Å²) in [5.41, 5.74) is 2.84. The van der Waals surface area contributed by atoms with E-state index in [1.807, 2.05) is 12.1 Å². The summed E-state index contributed by atoms with van der Waals surface area (Å²) in [5.74, 6) is 0.989. The molecule has 0 bridgehead atoms. The first-order chi connectivity index (χ1) is 10.2. The summed E-state index contributed by atoms with van der Waals surface area (Å²) in [6, 6.07) is 8.15. The quantitative estimate of drug-likeness (QED) is 0.731. The van der Waals surface area contributed by atoms with Crippen molar-refractivity contribution in [2.24, 2.45) is 0 Å². The van der Waals surface area contributed by atoms with Crippen LogP contribution in [0.2, 0.25) is 0 Å². The van der Waals surface area contributed by atoms with Crippen LogP contribution >= 0.6 is 23.1 Å². The average molecular weight is 323 g/mol. The minimum Gasteiger partial charge on any atom is -0.481 e. The van der Waals surface area contributed by atoms with Gasteiger partial charge >= 0.3 is 5.97 Å². The fraction of sp³-hybridized carbons (Fsp3) is 0.333. The first-order valence-corrected chi connectivity index (χ1v) is 8.66. The van der Waals surface area contributed by atoms with Crippen molar-refractivity contribution in [3.63, 3.8) is 0 Å². The van der Waals surface area contributed by atoms with E-state index in [-0.39, 0.29) is 13.0 Å². The van der Waals surface area contributed by atoms with Crippen LogP contribution in [0.25, 0.3) is 10.6 Å². The highest BCUT2D eigenvalue weighted by molar-refractivity contribution is 7.98. The summed E-state index contributed by atoms with van der Waals surface area (Å²) in [6.07, 6.45) is 0.780. The highest BCUT2D eigenvalue weighted by Crippen LogP contribution is 2.26. The highest BCUT2D eigenvalue weighted by Gasteiger charge is 2.08. The molecule has 2 rings (SSSR count). The van der Waals surface area contributed by atoms with Crippen molar-refractivity contribution in [2.75, 3.05) is 12.4 Å². The van der Waals surface area contributed by atoms with E-state index in [1.165, 1.54) is 16.9 Å². The van der Waals surface area contributed by atoms with Gasteiger partial charge in [-0.15, -0.1) is 11.3 Å². The average Bonchev–Trinajstić information content (AvgIpc) is 2.92. The third kappa shape index (κ3) is 5.15. The number of aliphatic carboxylic acids is 1. The Hall–Kier alpha value is -1.37. The standard InChI is InChI=1S/C15H17NO3S2/c17-5-2-6-20-9-11-3-1-4-12(7-11)15-16-13(10-21-15)8-14(18)19/h1,3-4,7,10,17H,2,5-6,8-9H2,(H,18,19). The maximum Gasteiger partial charge on any atom is 0.309 e. The van der Waals surface area contributed by atoms with Crippen molar-refractivity contribution in [1.29, 1.82) is 0 Å². The Balaban J connectivity index is 2.02. The summed E-state index contributed by atoms with van der Waals surface area (Å²) in [5, 5.41) is 20.2. The molecule has 1 aromatic heterocycles. The summed E-state index contributed by atoms with van der Waals surface area (Å²) in [7, 11) is 0. The van der Waals surface area contributed by atoms with Gasteiger partial charge in [-0.3, -0.25) is 4.79 Å². The molecule has 0 aliphatic heterocycles. The fourth-order valence-corrected chi connectivity index (χ4v) is 3.54. The molecule has 1 heterocycles. The molecule has 0 aliphatic rings. The van der Waals surface area contributed by atoms with Gasteiger partial charge in [0.05, 0.1) is 12.1 Å². The molecule has 0 unspecified atom stereocenters. The van der Waals surface area contributed by atoms with E-state index in [2.05, 4.69) is 17.1 Å². The van der Waals surface area contributed by atoms with Gasteiger partial charge in [-0.1, -0.05) is 18.2 Å². The van der Waals surface area contributed by atoms with E-state index in [0.717, 1.165) is 28.5 Å². The number of carboxylic acid groups (broad SMARTS) is 1. The van der Waals surface area contributed by atoms with Crippen molar-refractivity contribution in [1.82, 2.24) is 4.98 Å². The van der Waals surface area contributed by atoms with E-state index in [4.69, 9.17) is 10.2 Å². The number of thioether (sulfide) groups is 1. The van der Waals surface area contributed by atoms with Crippen LogP contribution in [0.15, 0.2) is 29.6 Å². The monoisotopic (exact) mass is 323 g/mol. The van der Waals surface area contributed by atoms with Crippen molar-refractivity contribution in [3.8, 4) is 10.6 Å². The number of thiazole rings is 1.